The Labute approximate surface area is 260 Å². The summed E-state index contributed by atoms with van der Waals surface area (Å²) in [5.41, 5.74) is 8.50. The Morgan fingerprint density at radius 1 is 0.522 bits per heavy atom. The highest BCUT2D eigenvalue weighted by molar-refractivity contribution is 6.14. The molecule has 7 heteroatoms. The summed E-state index contributed by atoms with van der Waals surface area (Å²) in [6.45, 7) is 0. The van der Waals surface area contributed by atoms with Gasteiger partial charge in [-0.3, -0.25) is 0 Å². The molecule has 6 aromatic carbocycles. The van der Waals surface area contributed by atoms with Gasteiger partial charge in [-0.2, -0.15) is 9.97 Å². The fraction of sp³-hybridized carbons (Fsp3) is 0. The van der Waals surface area contributed by atoms with Gasteiger partial charge in [-0.15, -0.1) is 0 Å². The molecular weight excluding hydrogens is 572 g/mol. The number of rotatable bonds is 3. The Kier molecular flexibility index (Phi) is 5.02. The van der Waals surface area contributed by atoms with Crippen molar-refractivity contribution in [1.29, 1.82) is 0 Å². The van der Waals surface area contributed by atoms with Gasteiger partial charge in [-0.25, -0.2) is 9.20 Å². The van der Waals surface area contributed by atoms with Crippen molar-refractivity contribution in [2.75, 3.05) is 0 Å². The molecule has 0 spiro atoms. The van der Waals surface area contributed by atoms with Crippen LogP contribution in [0, 0.1) is 0 Å². The molecule has 0 amide bonds. The molecule has 4 aromatic heterocycles. The normalized spacial score (nSPS) is 12.0. The molecule has 0 atom stereocenters. The zero-order chi connectivity index (χ0) is 30.4. The summed E-state index contributed by atoms with van der Waals surface area (Å²) >= 11 is 0. The minimum atomic E-state index is -0.446. The van der Waals surface area contributed by atoms with Crippen LogP contribution in [0.15, 0.2) is 147 Å². The second-order valence-electron chi connectivity index (χ2n) is 11.4. The van der Waals surface area contributed by atoms with Gasteiger partial charge >= 0.3 is 11.5 Å². The van der Waals surface area contributed by atoms with Gasteiger partial charge in [-0.1, -0.05) is 72.8 Å². The van der Waals surface area contributed by atoms with E-state index in [9.17, 15) is 4.79 Å². The van der Waals surface area contributed by atoms with E-state index in [1.165, 1.54) is 20.7 Å². The first-order valence-corrected chi connectivity index (χ1v) is 15.0. The van der Waals surface area contributed by atoms with E-state index in [4.69, 9.17) is 13.8 Å². The number of aromatic nitrogens is 4. The van der Waals surface area contributed by atoms with Crippen molar-refractivity contribution in [3.8, 4) is 28.2 Å². The van der Waals surface area contributed by atoms with Crippen LogP contribution in [0.3, 0.4) is 0 Å². The van der Waals surface area contributed by atoms with Crippen molar-refractivity contribution < 1.29 is 8.83 Å². The smallest absolute Gasteiger partial charge is 0.358 e. The summed E-state index contributed by atoms with van der Waals surface area (Å²) in [6, 6.07) is 44.9. The second-order valence-corrected chi connectivity index (χ2v) is 11.4. The Morgan fingerprint density at radius 3 is 2.13 bits per heavy atom. The lowest BCUT2D eigenvalue weighted by Gasteiger charge is -2.08. The van der Waals surface area contributed by atoms with Crippen LogP contribution in [0.25, 0.3) is 88.9 Å². The van der Waals surface area contributed by atoms with Crippen LogP contribution in [-0.2, 0) is 0 Å². The van der Waals surface area contributed by atoms with Crippen LogP contribution >= 0.6 is 0 Å². The molecule has 0 radical (unpaired) electrons. The average Bonchev–Trinajstić information content (AvgIpc) is 3.77. The van der Waals surface area contributed by atoms with Crippen molar-refractivity contribution in [1.82, 2.24) is 18.9 Å². The van der Waals surface area contributed by atoms with Crippen molar-refractivity contribution >= 4 is 60.7 Å². The Balaban J connectivity index is 1.17. The molecule has 0 aliphatic rings. The Bertz CT molecular complexity index is 2890. The number of oxazole rings is 1. The Hall–Kier alpha value is -6.47. The quantitative estimate of drug-likeness (QED) is 0.204. The molecule has 0 saturated carbocycles. The molecular formula is C39H22N4O3. The standard InChI is InChI=1S/C39H22N4O3/c44-38-40-37(41-39-43(38)32-14-6-7-15-34(32)46-39)27-12-8-16-35-36(27)29-22-24(18-20-33(29)45-35)23-17-19-31-28(21-23)26-11-4-5-13-30(26)42(31)25-9-2-1-3-10-25/h1-22H. The molecule has 10 rings (SSSR count). The van der Waals surface area contributed by atoms with E-state index in [-0.39, 0.29) is 11.7 Å². The molecule has 216 valence electrons. The number of fused-ring (bicyclic) bond motifs is 9. The maximum Gasteiger partial charge on any atom is 0.358 e. The van der Waals surface area contributed by atoms with E-state index in [2.05, 4.69) is 88.4 Å². The summed E-state index contributed by atoms with van der Waals surface area (Å²) in [6.07, 6.45) is 0. The number of hydrogen-bond acceptors (Lipinski definition) is 5. The molecule has 0 fully saturated rings. The first-order chi connectivity index (χ1) is 22.7. The molecule has 0 aliphatic carbocycles. The third-order valence-electron chi connectivity index (χ3n) is 8.85. The van der Waals surface area contributed by atoms with Gasteiger partial charge in [-0.05, 0) is 71.8 Å². The SMILES string of the molecule is O=c1nc(-c2cccc3oc4ccc(-c5ccc6c(c5)c5ccccc5n6-c5ccccc5)cc4c23)nc2oc3ccccc3n12. The molecule has 0 aliphatic heterocycles. The Morgan fingerprint density at radius 2 is 1.24 bits per heavy atom. The molecule has 46 heavy (non-hydrogen) atoms. The van der Waals surface area contributed by atoms with Crippen molar-refractivity contribution in [2.24, 2.45) is 0 Å². The summed E-state index contributed by atoms with van der Waals surface area (Å²) in [5.74, 6) is 0.488. The van der Waals surface area contributed by atoms with Gasteiger partial charge in [0.05, 0.1) is 16.6 Å². The zero-order valence-electron chi connectivity index (χ0n) is 24.2. The number of furan rings is 1. The van der Waals surface area contributed by atoms with E-state index >= 15 is 0 Å². The summed E-state index contributed by atoms with van der Waals surface area (Å²) in [5, 5.41) is 4.15. The summed E-state index contributed by atoms with van der Waals surface area (Å²) in [4.78, 5) is 22.3. The lowest BCUT2D eigenvalue weighted by Crippen LogP contribution is -2.18. The van der Waals surface area contributed by atoms with Gasteiger partial charge in [0.1, 0.15) is 11.2 Å². The van der Waals surface area contributed by atoms with E-state index in [0.29, 0.717) is 22.2 Å². The topological polar surface area (TPSA) is 78.5 Å². The molecule has 7 nitrogen and oxygen atoms in total. The molecule has 0 N–H and O–H groups in total. The predicted octanol–water partition coefficient (Wildman–Crippen LogP) is 9.17. The van der Waals surface area contributed by atoms with Gasteiger partial charge in [0.25, 0.3) is 0 Å². The van der Waals surface area contributed by atoms with Gasteiger partial charge in [0, 0.05) is 32.8 Å². The fourth-order valence-corrected chi connectivity index (χ4v) is 6.81. The summed E-state index contributed by atoms with van der Waals surface area (Å²) < 4.78 is 15.9. The van der Waals surface area contributed by atoms with Crippen LogP contribution in [0.4, 0.5) is 0 Å². The average molecular weight is 595 g/mol. The minimum Gasteiger partial charge on any atom is -0.456 e. The first kappa shape index (κ1) is 24.9. The zero-order valence-corrected chi connectivity index (χ0v) is 24.2. The first-order valence-electron chi connectivity index (χ1n) is 15.0. The summed E-state index contributed by atoms with van der Waals surface area (Å²) in [7, 11) is 0. The van der Waals surface area contributed by atoms with Crippen LogP contribution in [0.2, 0.25) is 0 Å². The third-order valence-corrected chi connectivity index (χ3v) is 8.85. The molecule has 0 bridgehead atoms. The lowest BCUT2D eigenvalue weighted by atomic mass is 9.99. The van der Waals surface area contributed by atoms with E-state index < -0.39 is 5.69 Å². The van der Waals surface area contributed by atoms with Crippen LogP contribution < -0.4 is 5.69 Å². The third kappa shape index (κ3) is 3.51. The van der Waals surface area contributed by atoms with Gasteiger partial charge in [0.2, 0.25) is 0 Å². The van der Waals surface area contributed by atoms with Gasteiger partial charge < -0.3 is 13.4 Å². The highest BCUT2D eigenvalue weighted by Gasteiger charge is 2.19. The second kappa shape index (κ2) is 9.27. The molecule has 4 heterocycles. The number of nitrogens with zero attached hydrogens (tertiary/aromatic N) is 4. The molecule has 0 unspecified atom stereocenters. The minimum absolute atomic E-state index is 0.199. The maximum atomic E-state index is 13.2. The number of hydrogen-bond donors (Lipinski definition) is 0. The van der Waals surface area contributed by atoms with E-state index in [1.54, 1.807) is 0 Å². The maximum absolute atomic E-state index is 13.2. The van der Waals surface area contributed by atoms with Crippen LogP contribution in [0.1, 0.15) is 0 Å². The number of para-hydroxylation sites is 4. The lowest BCUT2D eigenvalue weighted by molar-refractivity contribution is 0.630. The van der Waals surface area contributed by atoms with E-state index in [1.807, 2.05) is 54.6 Å². The number of benzene rings is 6. The monoisotopic (exact) mass is 594 g/mol. The predicted molar refractivity (Wildman–Crippen MR) is 182 cm³/mol. The van der Waals surface area contributed by atoms with E-state index in [0.717, 1.165) is 38.7 Å². The highest BCUT2D eigenvalue weighted by Crippen LogP contribution is 2.39. The van der Waals surface area contributed by atoms with Crippen molar-refractivity contribution in [3.63, 3.8) is 0 Å². The fourth-order valence-electron chi connectivity index (χ4n) is 6.81. The highest BCUT2D eigenvalue weighted by atomic mass is 16.4. The van der Waals surface area contributed by atoms with Crippen molar-refractivity contribution in [3.05, 3.63) is 144 Å². The molecule has 10 aromatic rings. The molecule has 0 saturated heterocycles. The van der Waals surface area contributed by atoms with Crippen molar-refractivity contribution in [2.45, 2.75) is 0 Å². The largest absolute Gasteiger partial charge is 0.456 e. The van der Waals surface area contributed by atoms with Crippen LogP contribution in [0.5, 0.6) is 0 Å². The van der Waals surface area contributed by atoms with Gasteiger partial charge in [0.15, 0.2) is 11.4 Å². The van der Waals surface area contributed by atoms with Crippen LogP contribution in [-0.4, -0.2) is 18.9 Å².